The molecule has 1 atom stereocenters. The van der Waals surface area contributed by atoms with Crippen molar-refractivity contribution in [3.8, 4) is 6.07 Å². The van der Waals surface area contributed by atoms with E-state index in [1.807, 2.05) is 11.0 Å². The number of hydrogen-bond donors (Lipinski definition) is 1. The first kappa shape index (κ1) is 16.0. The van der Waals surface area contributed by atoms with Crippen LogP contribution in [0.3, 0.4) is 0 Å². The highest BCUT2D eigenvalue weighted by Crippen LogP contribution is 2.20. The van der Waals surface area contributed by atoms with E-state index in [-0.39, 0.29) is 10.6 Å². The number of benzene rings is 1. The molecule has 0 radical (unpaired) electrons. The Kier molecular flexibility index (Phi) is 4.67. The minimum atomic E-state index is -3.40. The Morgan fingerprint density at radius 2 is 2.24 bits per heavy atom. The second-order valence-corrected chi connectivity index (χ2v) is 7.94. The second kappa shape index (κ2) is 6.14. The zero-order valence-electron chi connectivity index (χ0n) is 12.1. The Morgan fingerprint density at radius 1 is 1.48 bits per heavy atom. The van der Waals surface area contributed by atoms with E-state index in [9.17, 15) is 13.5 Å². The lowest BCUT2D eigenvalue weighted by molar-refractivity contribution is -0.0134. The fraction of sp³-hybridized carbons (Fsp3) is 0.533. The molecule has 0 bridgehead atoms. The van der Waals surface area contributed by atoms with Crippen LogP contribution in [0.4, 0.5) is 0 Å². The van der Waals surface area contributed by atoms with Crippen molar-refractivity contribution >= 4 is 9.84 Å². The van der Waals surface area contributed by atoms with Crippen LogP contribution in [-0.2, 0) is 9.84 Å². The lowest BCUT2D eigenvalue weighted by Gasteiger charge is -2.36. The van der Waals surface area contributed by atoms with Crippen molar-refractivity contribution in [1.82, 2.24) is 4.90 Å². The number of nitrogens with zero attached hydrogens (tertiary/aromatic N) is 2. The predicted molar refractivity (Wildman–Crippen MR) is 79.5 cm³/mol. The SMILES string of the molecule is CC1(O)CCCN(CCS(=O)(=O)c2cccc(C#N)c2)C1. The standard InChI is InChI=1S/C15H20N2O3S/c1-15(18)6-3-7-17(12-15)8-9-21(19,20)14-5-2-4-13(10-14)11-16/h2,4-5,10,18H,3,6-9,12H2,1H3. The highest BCUT2D eigenvalue weighted by molar-refractivity contribution is 7.91. The molecule has 1 saturated heterocycles. The van der Waals surface area contributed by atoms with Crippen molar-refractivity contribution in [3.05, 3.63) is 29.8 Å². The van der Waals surface area contributed by atoms with Crippen molar-refractivity contribution in [3.63, 3.8) is 0 Å². The fourth-order valence-corrected chi connectivity index (χ4v) is 3.97. The molecule has 0 aromatic heterocycles. The average molecular weight is 308 g/mol. The van der Waals surface area contributed by atoms with Crippen LogP contribution in [0.2, 0.25) is 0 Å². The summed E-state index contributed by atoms with van der Waals surface area (Å²) in [7, 11) is -3.40. The number of β-amino-alcohol motifs (C(OH)–C–C–N with tert-alkyl or cyclic N) is 1. The summed E-state index contributed by atoms with van der Waals surface area (Å²) < 4.78 is 24.6. The molecule has 1 unspecified atom stereocenters. The Balaban J connectivity index is 2.03. The van der Waals surface area contributed by atoms with Crippen LogP contribution in [-0.4, -0.2) is 49.4 Å². The summed E-state index contributed by atoms with van der Waals surface area (Å²) in [5.74, 6) is -0.00202. The van der Waals surface area contributed by atoms with Gasteiger partial charge >= 0.3 is 0 Å². The van der Waals surface area contributed by atoms with Gasteiger partial charge in [-0.2, -0.15) is 5.26 Å². The molecule has 1 heterocycles. The molecule has 1 aliphatic rings. The molecule has 0 spiro atoms. The molecule has 1 fully saturated rings. The van der Waals surface area contributed by atoms with Crippen LogP contribution in [0.25, 0.3) is 0 Å². The first-order valence-corrected chi connectivity index (χ1v) is 8.65. The maximum absolute atomic E-state index is 12.3. The van der Waals surface area contributed by atoms with E-state index in [2.05, 4.69) is 0 Å². The molecule has 1 N–H and O–H groups in total. The van der Waals surface area contributed by atoms with Crippen LogP contribution in [0, 0.1) is 11.3 Å². The number of likely N-dealkylation sites (tertiary alicyclic amines) is 1. The third-order valence-electron chi connectivity index (χ3n) is 3.75. The van der Waals surface area contributed by atoms with Gasteiger partial charge < -0.3 is 5.11 Å². The Bertz CT molecular complexity index is 647. The fourth-order valence-electron chi connectivity index (χ4n) is 2.64. The predicted octanol–water partition coefficient (Wildman–Crippen LogP) is 1.18. The average Bonchev–Trinajstić information content (AvgIpc) is 2.44. The van der Waals surface area contributed by atoms with Crippen molar-refractivity contribution in [2.45, 2.75) is 30.3 Å². The highest BCUT2D eigenvalue weighted by Gasteiger charge is 2.29. The summed E-state index contributed by atoms with van der Waals surface area (Å²) in [5, 5.41) is 18.9. The van der Waals surface area contributed by atoms with Gasteiger partial charge in [-0.15, -0.1) is 0 Å². The molecule has 1 aliphatic heterocycles. The van der Waals surface area contributed by atoms with Gasteiger partial charge in [-0.3, -0.25) is 4.90 Å². The number of sulfone groups is 1. The van der Waals surface area contributed by atoms with Gasteiger partial charge in [-0.05, 0) is 44.5 Å². The lowest BCUT2D eigenvalue weighted by atomic mass is 9.95. The van der Waals surface area contributed by atoms with Gasteiger partial charge in [-0.25, -0.2) is 8.42 Å². The van der Waals surface area contributed by atoms with Crippen LogP contribution in [0.1, 0.15) is 25.3 Å². The number of piperidine rings is 1. The molecule has 1 aromatic carbocycles. The van der Waals surface area contributed by atoms with Gasteiger partial charge in [0.05, 0.1) is 27.9 Å². The smallest absolute Gasteiger partial charge is 0.179 e. The zero-order chi connectivity index (χ0) is 15.5. The Morgan fingerprint density at radius 3 is 2.90 bits per heavy atom. The molecule has 6 heteroatoms. The summed E-state index contributed by atoms with van der Waals surface area (Å²) in [6.07, 6.45) is 1.62. The van der Waals surface area contributed by atoms with E-state index in [0.717, 1.165) is 19.4 Å². The molecule has 0 saturated carbocycles. The molecule has 114 valence electrons. The minimum absolute atomic E-state index is 0.00202. The highest BCUT2D eigenvalue weighted by atomic mass is 32.2. The number of rotatable bonds is 4. The molecule has 0 aliphatic carbocycles. The Hall–Kier alpha value is -1.42. The Labute approximate surface area is 125 Å². The van der Waals surface area contributed by atoms with Gasteiger partial charge in [-0.1, -0.05) is 6.07 Å². The molecule has 5 nitrogen and oxygen atoms in total. The van der Waals surface area contributed by atoms with E-state index in [4.69, 9.17) is 5.26 Å². The number of nitriles is 1. The van der Waals surface area contributed by atoms with Crippen LogP contribution < -0.4 is 0 Å². The topological polar surface area (TPSA) is 81.4 Å². The summed E-state index contributed by atoms with van der Waals surface area (Å²) in [6.45, 7) is 3.49. The van der Waals surface area contributed by atoms with E-state index < -0.39 is 15.4 Å². The molecular formula is C15H20N2O3S. The lowest BCUT2D eigenvalue weighted by Crippen LogP contribution is -2.47. The van der Waals surface area contributed by atoms with E-state index in [0.29, 0.717) is 18.7 Å². The maximum Gasteiger partial charge on any atom is 0.179 e. The number of hydrogen-bond acceptors (Lipinski definition) is 5. The maximum atomic E-state index is 12.3. The summed E-state index contributed by atoms with van der Waals surface area (Å²) >= 11 is 0. The quantitative estimate of drug-likeness (QED) is 0.903. The van der Waals surface area contributed by atoms with Gasteiger partial charge in [0, 0.05) is 13.1 Å². The molecular weight excluding hydrogens is 288 g/mol. The monoisotopic (exact) mass is 308 g/mol. The molecule has 0 amide bonds. The van der Waals surface area contributed by atoms with Crippen molar-refractivity contribution in [2.24, 2.45) is 0 Å². The third-order valence-corrected chi connectivity index (χ3v) is 5.44. The van der Waals surface area contributed by atoms with Crippen molar-refractivity contribution in [2.75, 3.05) is 25.4 Å². The normalized spacial score (nSPS) is 23.7. The summed E-state index contributed by atoms with van der Waals surface area (Å²) in [6, 6.07) is 8.03. The van der Waals surface area contributed by atoms with Crippen LogP contribution in [0.15, 0.2) is 29.2 Å². The minimum Gasteiger partial charge on any atom is -0.389 e. The molecule has 2 rings (SSSR count). The largest absolute Gasteiger partial charge is 0.389 e. The zero-order valence-corrected chi connectivity index (χ0v) is 12.9. The van der Waals surface area contributed by atoms with Crippen LogP contribution in [0.5, 0.6) is 0 Å². The van der Waals surface area contributed by atoms with Gasteiger partial charge in [0.25, 0.3) is 0 Å². The van der Waals surface area contributed by atoms with Gasteiger partial charge in [0.15, 0.2) is 9.84 Å². The van der Waals surface area contributed by atoms with Gasteiger partial charge in [0.1, 0.15) is 0 Å². The summed E-state index contributed by atoms with van der Waals surface area (Å²) in [4.78, 5) is 2.17. The first-order chi connectivity index (χ1) is 9.82. The van der Waals surface area contributed by atoms with Crippen molar-refractivity contribution in [1.29, 1.82) is 5.26 Å². The first-order valence-electron chi connectivity index (χ1n) is 7.00. The van der Waals surface area contributed by atoms with E-state index >= 15 is 0 Å². The van der Waals surface area contributed by atoms with Crippen molar-refractivity contribution < 1.29 is 13.5 Å². The summed E-state index contributed by atoms with van der Waals surface area (Å²) in [5.41, 5.74) is -0.389. The van der Waals surface area contributed by atoms with Gasteiger partial charge in [0.2, 0.25) is 0 Å². The van der Waals surface area contributed by atoms with E-state index in [1.54, 1.807) is 19.1 Å². The third kappa shape index (κ3) is 4.27. The number of aliphatic hydroxyl groups is 1. The van der Waals surface area contributed by atoms with E-state index in [1.165, 1.54) is 12.1 Å². The molecule has 1 aromatic rings. The van der Waals surface area contributed by atoms with Crippen LogP contribution >= 0.6 is 0 Å². The second-order valence-electron chi connectivity index (χ2n) is 5.84. The molecule has 21 heavy (non-hydrogen) atoms.